The average Bonchev–Trinajstić information content (AvgIpc) is 2.52. The molecule has 0 aromatic heterocycles. The van der Waals surface area contributed by atoms with Gasteiger partial charge in [-0.25, -0.2) is 0 Å². The standard InChI is InChI=1S/C16H24N2O2/c1-2-12-20-15-8-6-14(7-9-15)17-13-16(19)18-10-4-3-5-11-18/h6-9,17H,2-5,10-13H2,1H3. The smallest absolute Gasteiger partial charge is 0.241 e. The van der Waals surface area contributed by atoms with Crippen LogP contribution in [0.1, 0.15) is 32.6 Å². The van der Waals surface area contributed by atoms with Crippen molar-refractivity contribution in [3.05, 3.63) is 24.3 Å². The Morgan fingerprint density at radius 2 is 1.90 bits per heavy atom. The molecule has 4 nitrogen and oxygen atoms in total. The van der Waals surface area contributed by atoms with Crippen molar-refractivity contribution in [1.29, 1.82) is 0 Å². The van der Waals surface area contributed by atoms with Crippen LogP contribution in [0.3, 0.4) is 0 Å². The van der Waals surface area contributed by atoms with Crippen LogP contribution in [0.5, 0.6) is 5.75 Å². The van der Waals surface area contributed by atoms with Gasteiger partial charge in [0.15, 0.2) is 0 Å². The Kier molecular flexibility index (Phi) is 5.71. The Balaban J connectivity index is 1.76. The van der Waals surface area contributed by atoms with E-state index in [9.17, 15) is 4.79 Å². The molecule has 1 N–H and O–H groups in total. The van der Waals surface area contributed by atoms with Crippen molar-refractivity contribution in [2.75, 3.05) is 31.6 Å². The first-order chi connectivity index (χ1) is 9.79. The Hall–Kier alpha value is -1.71. The summed E-state index contributed by atoms with van der Waals surface area (Å²) in [6, 6.07) is 7.77. The number of likely N-dealkylation sites (tertiary alicyclic amines) is 1. The van der Waals surface area contributed by atoms with Crippen molar-refractivity contribution >= 4 is 11.6 Å². The van der Waals surface area contributed by atoms with E-state index in [1.807, 2.05) is 29.2 Å². The molecule has 0 unspecified atom stereocenters. The van der Waals surface area contributed by atoms with Crippen LogP contribution in [-0.2, 0) is 4.79 Å². The number of hydrogen-bond donors (Lipinski definition) is 1. The summed E-state index contributed by atoms with van der Waals surface area (Å²) in [5, 5.41) is 3.18. The van der Waals surface area contributed by atoms with E-state index in [2.05, 4.69) is 12.2 Å². The maximum Gasteiger partial charge on any atom is 0.241 e. The molecule has 1 saturated heterocycles. The summed E-state index contributed by atoms with van der Waals surface area (Å²) in [5.74, 6) is 1.07. The summed E-state index contributed by atoms with van der Waals surface area (Å²) >= 11 is 0. The van der Waals surface area contributed by atoms with E-state index >= 15 is 0 Å². The number of amides is 1. The predicted octanol–water partition coefficient (Wildman–Crippen LogP) is 2.90. The van der Waals surface area contributed by atoms with Gasteiger partial charge in [-0.3, -0.25) is 4.79 Å². The van der Waals surface area contributed by atoms with E-state index in [0.29, 0.717) is 6.54 Å². The molecule has 20 heavy (non-hydrogen) atoms. The van der Waals surface area contributed by atoms with E-state index in [1.54, 1.807) is 0 Å². The number of nitrogens with one attached hydrogen (secondary N) is 1. The average molecular weight is 276 g/mol. The van der Waals surface area contributed by atoms with Crippen molar-refractivity contribution in [1.82, 2.24) is 4.90 Å². The van der Waals surface area contributed by atoms with Crippen LogP contribution in [0.25, 0.3) is 0 Å². The van der Waals surface area contributed by atoms with E-state index in [4.69, 9.17) is 4.74 Å². The molecule has 0 aliphatic carbocycles. The highest BCUT2D eigenvalue weighted by molar-refractivity contribution is 5.80. The fourth-order valence-electron chi connectivity index (χ4n) is 2.32. The molecule has 1 fully saturated rings. The quantitative estimate of drug-likeness (QED) is 0.868. The summed E-state index contributed by atoms with van der Waals surface area (Å²) < 4.78 is 5.53. The molecule has 0 radical (unpaired) electrons. The summed E-state index contributed by atoms with van der Waals surface area (Å²) in [5.41, 5.74) is 0.958. The third-order valence-electron chi connectivity index (χ3n) is 3.48. The number of nitrogens with zero attached hydrogens (tertiary/aromatic N) is 1. The minimum Gasteiger partial charge on any atom is -0.494 e. The first-order valence-corrected chi connectivity index (χ1v) is 7.54. The van der Waals surface area contributed by atoms with Crippen LogP contribution in [-0.4, -0.2) is 37.0 Å². The fourth-order valence-corrected chi connectivity index (χ4v) is 2.32. The van der Waals surface area contributed by atoms with E-state index in [-0.39, 0.29) is 5.91 Å². The number of benzene rings is 1. The van der Waals surface area contributed by atoms with Gasteiger partial charge >= 0.3 is 0 Å². The molecule has 1 aliphatic heterocycles. The van der Waals surface area contributed by atoms with Crippen molar-refractivity contribution in [3.63, 3.8) is 0 Å². The molecule has 110 valence electrons. The lowest BCUT2D eigenvalue weighted by Gasteiger charge is -2.26. The number of piperidine rings is 1. The van der Waals surface area contributed by atoms with Crippen LogP contribution >= 0.6 is 0 Å². The van der Waals surface area contributed by atoms with Gasteiger partial charge < -0.3 is 15.0 Å². The van der Waals surface area contributed by atoms with Gasteiger partial charge in [0.25, 0.3) is 0 Å². The molecule has 2 rings (SSSR count). The first-order valence-electron chi connectivity index (χ1n) is 7.54. The largest absolute Gasteiger partial charge is 0.494 e. The van der Waals surface area contributed by atoms with Gasteiger partial charge in [-0.05, 0) is 49.9 Å². The molecule has 0 saturated carbocycles. The number of rotatable bonds is 6. The van der Waals surface area contributed by atoms with Crippen molar-refractivity contribution in [2.45, 2.75) is 32.6 Å². The summed E-state index contributed by atoms with van der Waals surface area (Å²) in [6.45, 7) is 5.01. The molecule has 0 atom stereocenters. The second kappa shape index (κ2) is 7.78. The van der Waals surface area contributed by atoms with Gasteiger partial charge in [0.2, 0.25) is 5.91 Å². The van der Waals surface area contributed by atoms with Crippen LogP contribution in [0, 0.1) is 0 Å². The van der Waals surface area contributed by atoms with Gasteiger partial charge in [-0.2, -0.15) is 0 Å². The highest BCUT2D eigenvalue weighted by Crippen LogP contribution is 2.16. The molecule has 1 aromatic carbocycles. The Labute approximate surface area is 121 Å². The normalized spacial score (nSPS) is 14.9. The summed E-state index contributed by atoms with van der Waals surface area (Å²) in [6.07, 6.45) is 4.52. The third kappa shape index (κ3) is 4.44. The number of ether oxygens (including phenoxy) is 1. The number of carbonyl (C=O) groups is 1. The van der Waals surface area contributed by atoms with Gasteiger partial charge in [0.1, 0.15) is 5.75 Å². The minimum absolute atomic E-state index is 0.191. The third-order valence-corrected chi connectivity index (χ3v) is 3.48. The van der Waals surface area contributed by atoms with E-state index in [1.165, 1.54) is 6.42 Å². The molecule has 1 amide bonds. The molecule has 1 aromatic rings. The Bertz CT molecular complexity index is 411. The zero-order valence-corrected chi connectivity index (χ0v) is 12.2. The van der Waals surface area contributed by atoms with Crippen LogP contribution in [0.4, 0.5) is 5.69 Å². The number of carbonyl (C=O) groups excluding carboxylic acids is 1. The maximum absolute atomic E-state index is 12.0. The molecular weight excluding hydrogens is 252 g/mol. The number of anilines is 1. The SMILES string of the molecule is CCCOc1ccc(NCC(=O)N2CCCCC2)cc1. The first kappa shape index (κ1) is 14.7. The molecule has 1 heterocycles. The second-order valence-corrected chi connectivity index (χ2v) is 5.17. The fraction of sp³-hybridized carbons (Fsp3) is 0.562. The van der Waals surface area contributed by atoms with Crippen LogP contribution in [0.2, 0.25) is 0 Å². The lowest BCUT2D eigenvalue weighted by Crippen LogP contribution is -2.39. The predicted molar refractivity (Wildman–Crippen MR) is 81.1 cm³/mol. The van der Waals surface area contributed by atoms with Crippen molar-refractivity contribution in [2.24, 2.45) is 0 Å². The molecule has 1 aliphatic rings. The molecular formula is C16H24N2O2. The lowest BCUT2D eigenvalue weighted by atomic mass is 10.1. The van der Waals surface area contributed by atoms with Gasteiger partial charge in [-0.15, -0.1) is 0 Å². The maximum atomic E-state index is 12.0. The zero-order valence-electron chi connectivity index (χ0n) is 12.2. The monoisotopic (exact) mass is 276 g/mol. The topological polar surface area (TPSA) is 41.6 Å². The highest BCUT2D eigenvalue weighted by atomic mass is 16.5. The molecule has 0 bridgehead atoms. The van der Waals surface area contributed by atoms with Gasteiger partial charge in [-0.1, -0.05) is 6.92 Å². The Morgan fingerprint density at radius 3 is 2.55 bits per heavy atom. The summed E-state index contributed by atoms with van der Waals surface area (Å²) in [4.78, 5) is 14.0. The Morgan fingerprint density at radius 1 is 1.20 bits per heavy atom. The van der Waals surface area contributed by atoms with Crippen molar-refractivity contribution in [3.8, 4) is 5.75 Å². The second-order valence-electron chi connectivity index (χ2n) is 5.17. The molecule has 0 spiro atoms. The number of hydrogen-bond acceptors (Lipinski definition) is 3. The van der Waals surface area contributed by atoms with Crippen molar-refractivity contribution < 1.29 is 9.53 Å². The zero-order chi connectivity index (χ0) is 14.2. The van der Waals surface area contributed by atoms with Gasteiger partial charge in [0, 0.05) is 18.8 Å². The van der Waals surface area contributed by atoms with E-state index in [0.717, 1.165) is 50.4 Å². The lowest BCUT2D eigenvalue weighted by molar-refractivity contribution is -0.130. The van der Waals surface area contributed by atoms with Crippen LogP contribution in [0.15, 0.2) is 24.3 Å². The summed E-state index contributed by atoms with van der Waals surface area (Å²) in [7, 11) is 0. The highest BCUT2D eigenvalue weighted by Gasteiger charge is 2.15. The molecule has 4 heteroatoms. The van der Waals surface area contributed by atoms with Gasteiger partial charge in [0.05, 0.1) is 13.2 Å². The minimum atomic E-state index is 0.191. The van der Waals surface area contributed by atoms with Crippen LogP contribution < -0.4 is 10.1 Å². The van der Waals surface area contributed by atoms with E-state index < -0.39 is 0 Å².